The minimum absolute atomic E-state index is 0.0939. The Balaban J connectivity index is 1.50. The Morgan fingerprint density at radius 1 is 0.780 bits per heavy atom. The van der Waals surface area contributed by atoms with Gasteiger partial charge >= 0.3 is 11.9 Å². The molecule has 2 amide bonds. The van der Waals surface area contributed by atoms with Crippen LogP contribution >= 0.6 is 0 Å². The lowest BCUT2D eigenvalue weighted by molar-refractivity contribution is -0.147. The Kier molecular flexibility index (Phi) is 14.6. The molecule has 1 saturated heterocycles. The van der Waals surface area contributed by atoms with Crippen LogP contribution in [0.3, 0.4) is 0 Å². The van der Waals surface area contributed by atoms with Crippen molar-refractivity contribution < 1.29 is 33.1 Å². The van der Waals surface area contributed by atoms with E-state index in [0.29, 0.717) is 81.0 Å². The molecular formula is C35H49N7O8. The zero-order chi connectivity index (χ0) is 36.0. The quantitative estimate of drug-likeness (QED) is 0.177. The van der Waals surface area contributed by atoms with Gasteiger partial charge in [-0.25, -0.2) is 14.6 Å². The van der Waals surface area contributed by atoms with Gasteiger partial charge in [-0.2, -0.15) is 0 Å². The van der Waals surface area contributed by atoms with Crippen molar-refractivity contribution in [2.45, 2.75) is 46.3 Å². The first-order chi connectivity index (χ1) is 24.1. The van der Waals surface area contributed by atoms with Crippen molar-refractivity contribution in [1.29, 1.82) is 0 Å². The topological polar surface area (TPSA) is 176 Å². The maximum atomic E-state index is 13.1. The molecule has 15 heteroatoms. The molecule has 1 aliphatic rings. The van der Waals surface area contributed by atoms with E-state index in [0.717, 1.165) is 0 Å². The standard InChI is InChI=1S/C35H49N7O8/c1-5-48-34(46)24(3)37-30(43)22-40-15-13-36-14-16-41(23-31(44)38-25(4)35(47)49-6-2)18-20-42(19-17-40)21-26-11-12-28-32(45)27-9-7-8-10-29(27)50-33(28)39-26/h7-12,24-25,36H,5-6,13-23H2,1-4H3,(H,37,43)(H,38,44)/t24-,25-/m0/s1. The first-order valence-electron chi connectivity index (χ1n) is 17.2. The number of hydrogen-bond acceptors (Lipinski definition) is 13. The Bertz CT molecular complexity index is 1630. The van der Waals surface area contributed by atoms with Crippen molar-refractivity contribution in [3.8, 4) is 0 Å². The smallest absolute Gasteiger partial charge is 0.328 e. The second-order valence-corrected chi connectivity index (χ2v) is 12.2. The number of aromatic nitrogens is 1. The fraction of sp³-hybridized carbons (Fsp3) is 0.543. The zero-order valence-corrected chi connectivity index (χ0v) is 29.4. The molecule has 50 heavy (non-hydrogen) atoms. The third-order valence-corrected chi connectivity index (χ3v) is 8.33. The van der Waals surface area contributed by atoms with E-state index in [1.54, 1.807) is 58.0 Å². The predicted octanol–water partition coefficient (Wildman–Crippen LogP) is 0.486. The number of para-hydroxylation sites is 1. The molecule has 1 aliphatic heterocycles. The van der Waals surface area contributed by atoms with Crippen LogP contribution in [0.2, 0.25) is 0 Å². The number of rotatable bonds is 12. The zero-order valence-electron chi connectivity index (χ0n) is 29.4. The van der Waals surface area contributed by atoms with Crippen molar-refractivity contribution in [3.63, 3.8) is 0 Å². The molecule has 4 rings (SSSR count). The largest absolute Gasteiger partial charge is 0.464 e. The van der Waals surface area contributed by atoms with Gasteiger partial charge in [-0.3, -0.25) is 29.1 Å². The lowest BCUT2D eigenvalue weighted by Gasteiger charge is -2.31. The van der Waals surface area contributed by atoms with Crippen LogP contribution in [0.25, 0.3) is 22.1 Å². The van der Waals surface area contributed by atoms with E-state index in [1.165, 1.54) is 0 Å². The number of ether oxygens (including phenoxy) is 2. The van der Waals surface area contributed by atoms with E-state index in [2.05, 4.69) is 20.9 Å². The van der Waals surface area contributed by atoms with Gasteiger partial charge in [-0.15, -0.1) is 0 Å². The minimum Gasteiger partial charge on any atom is -0.464 e. The van der Waals surface area contributed by atoms with Gasteiger partial charge in [0, 0.05) is 58.9 Å². The van der Waals surface area contributed by atoms with Crippen LogP contribution in [0.15, 0.2) is 45.6 Å². The van der Waals surface area contributed by atoms with Crippen LogP contribution in [0.1, 0.15) is 33.4 Å². The van der Waals surface area contributed by atoms with Gasteiger partial charge in [0.25, 0.3) is 0 Å². The Hall–Kier alpha value is -4.44. The van der Waals surface area contributed by atoms with E-state index >= 15 is 0 Å². The molecule has 2 aromatic heterocycles. The number of carbonyl (C=O) groups excluding carboxylic acids is 4. The van der Waals surface area contributed by atoms with Crippen LogP contribution in [0.5, 0.6) is 0 Å². The molecule has 0 spiro atoms. The minimum atomic E-state index is -0.760. The highest BCUT2D eigenvalue weighted by atomic mass is 16.5. The molecular weight excluding hydrogens is 646 g/mol. The van der Waals surface area contributed by atoms with Gasteiger partial charge in [-0.1, -0.05) is 12.1 Å². The van der Waals surface area contributed by atoms with E-state index in [1.807, 2.05) is 15.9 Å². The van der Waals surface area contributed by atoms with Crippen LogP contribution in [-0.2, 0) is 35.2 Å². The number of fused-ring (bicyclic) bond motifs is 2. The number of nitrogens with one attached hydrogen (secondary N) is 3. The molecule has 1 fully saturated rings. The van der Waals surface area contributed by atoms with Crippen molar-refractivity contribution in [2.75, 3.05) is 78.7 Å². The molecule has 3 aromatic rings. The van der Waals surface area contributed by atoms with E-state index < -0.39 is 24.0 Å². The van der Waals surface area contributed by atoms with E-state index in [9.17, 15) is 24.0 Å². The van der Waals surface area contributed by atoms with Gasteiger partial charge in [0.05, 0.1) is 42.8 Å². The molecule has 0 unspecified atom stereocenters. The number of carbonyl (C=O) groups is 4. The van der Waals surface area contributed by atoms with Crippen LogP contribution < -0.4 is 21.4 Å². The van der Waals surface area contributed by atoms with Gasteiger partial charge < -0.3 is 29.8 Å². The molecule has 0 saturated carbocycles. The monoisotopic (exact) mass is 695 g/mol. The van der Waals surface area contributed by atoms with Gasteiger partial charge in [0.1, 0.15) is 17.7 Å². The van der Waals surface area contributed by atoms with Crippen molar-refractivity contribution >= 4 is 45.8 Å². The van der Waals surface area contributed by atoms with Gasteiger partial charge in [-0.05, 0) is 52.0 Å². The molecule has 3 heterocycles. The highest BCUT2D eigenvalue weighted by Gasteiger charge is 2.22. The summed E-state index contributed by atoms with van der Waals surface area (Å²) in [6.07, 6.45) is 0. The van der Waals surface area contributed by atoms with E-state index in [4.69, 9.17) is 18.9 Å². The highest BCUT2D eigenvalue weighted by Crippen LogP contribution is 2.18. The van der Waals surface area contributed by atoms with Crippen LogP contribution in [-0.4, -0.2) is 134 Å². The van der Waals surface area contributed by atoms with Crippen molar-refractivity contribution in [1.82, 2.24) is 35.6 Å². The first-order valence-corrected chi connectivity index (χ1v) is 17.2. The molecule has 0 radical (unpaired) electrons. The molecule has 0 aliphatic carbocycles. The average Bonchev–Trinajstić information content (AvgIpc) is 3.08. The number of esters is 2. The normalized spacial score (nSPS) is 16.9. The fourth-order valence-electron chi connectivity index (χ4n) is 5.65. The lowest BCUT2D eigenvalue weighted by atomic mass is 10.2. The SMILES string of the molecule is CCOC(=O)[C@H](C)NC(=O)CN1CCNCCN(CC(=O)N[C@@H](C)C(=O)OCC)CCN(Cc2ccc3c(=O)c4ccccc4oc3n2)CC1. The highest BCUT2D eigenvalue weighted by molar-refractivity contribution is 5.88. The fourth-order valence-corrected chi connectivity index (χ4v) is 5.65. The summed E-state index contributed by atoms with van der Waals surface area (Å²) in [7, 11) is 0. The Morgan fingerprint density at radius 2 is 1.32 bits per heavy atom. The summed E-state index contributed by atoms with van der Waals surface area (Å²) in [6, 6.07) is 9.11. The van der Waals surface area contributed by atoms with Crippen molar-refractivity contribution in [3.05, 3.63) is 52.3 Å². The summed E-state index contributed by atoms with van der Waals surface area (Å²) in [4.78, 5) is 74.0. The predicted molar refractivity (Wildman–Crippen MR) is 187 cm³/mol. The third-order valence-electron chi connectivity index (χ3n) is 8.33. The van der Waals surface area contributed by atoms with Gasteiger partial charge in [0.15, 0.2) is 0 Å². The molecule has 272 valence electrons. The Labute approximate surface area is 291 Å². The molecule has 3 N–H and O–H groups in total. The summed E-state index contributed by atoms with van der Waals surface area (Å²) in [6.45, 7) is 12.2. The van der Waals surface area contributed by atoms with E-state index in [-0.39, 0.29) is 49.3 Å². The van der Waals surface area contributed by atoms with Crippen LogP contribution in [0.4, 0.5) is 0 Å². The number of pyridine rings is 1. The lowest BCUT2D eigenvalue weighted by Crippen LogP contribution is -2.50. The second-order valence-electron chi connectivity index (χ2n) is 12.2. The molecule has 2 atom stereocenters. The first kappa shape index (κ1) is 38.4. The van der Waals surface area contributed by atoms with Gasteiger partial charge in [0.2, 0.25) is 23.0 Å². The maximum Gasteiger partial charge on any atom is 0.328 e. The second kappa shape index (κ2) is 19.1. The summed E-state index contributed by atoms with van der Waals surface area (Å²) in [5.41, 5.74) is 1.28. The number of benzene rings is 1. The number of hydrogen-bond donors (Lipinski definition) is 3. The molecule has 15 nitrogen and oxygen atoms in total. The number of nitrogens with zero attached hydrogens (tertiary/aromatic N) is 4. The molecule has 1 aromatic carbocycles. The average molecular weight is 696 g/mol. The summed E-state index contributed by atoms with van der Waals surface area (Å²) < 4.78 is 16.1. The van der Waals surface area contributed by atoms with Crippen molar-refractivity contribution in [2.24, 2.45) is 0 Å². The Morgan fingerprint density at radius 3 is 1.88 bits per heavy atom. The van der Waals surface area contributed by atoms with Crippen LogP contribution in [0, 0.1) is 0 Å². The number of amides is 2. The molecule has 0 bridgehead atoms. The maximum absolute atomic E-state index is 13.1. The third kappa shape index (κ3) is 11.3. The summed E-state index contributed by atoms with van der Waals surface area (Å²) in [5, 5.41) is 9.74. The summed E-state index contributed by atoms with van der Waals surface area (Å²) >= 11 is 0. The summed E-state index contributed by atoms with van der Waals surface area (Å²) in [5.74, 6) is -1.53.